The molecule has 1 atom stereocenters. The minimum atomic E-state index is -0.856. The van der Waals surface area contributed by atoms with E-state index in [2.05, 4.69) is 0 Å². The van der Waals surface area contributed by atoms with Gasteiger partial charge >= 0.3 is 5.97 Å². The Labute approximate surface area is 164 Å². The number of carbonyl (C=O) groups is 2. The van der Waals surface area contributed by atoms with Gasteiger partial charge in [0.05, 0.1) is 6.61 Å². The van der Waals surface area contributed by atoms with E-state index in [0.717, 1.165) is 11.4 Å². The van der Waals surface area contributed by atoms with Crippen LogP contribution in [0.15, 0.2) is 30.3 Å². The van der Waals surface area contributed by atoms with E-state index in [0.29, 0.717) is 29.5 Å². The van der Waals surface area contributed by atoms with Gasteiger partial charge in [0.2, 0.25) is 5.78 Å². The van der Waals surface area contributed by atoms with Gasteiger partial charge in [0.25, 0.3) is 0 Å². The highest BCUT2D eigenvalue weighted by molar-refractivity contribution is 6.30. The van der Waals surface area contributed by atoms with Crippen LogP contribution < -0.4 is 4.74 Å². The maximum absolute atomic E-state index is 12.5. The summed E-state index contributed by atoms with van der Waals surface area (Å²) in [6.45, 7) is 6.22. The molecular formula is C20H24ClNO5. The minimum absolute atomic E-state index is 0.255. The van der Waals surface area contributed by atoms with Crippen LogP contribution in [0.5, 0.6) is 5.75 Å². The van der Waals surface area contributed by atoms with E-state index in [1.807, 2.05) is 18.4 Å². The molecule has 0 saturated carbocycles. The van der Waals surface area contributed by atoms with Gasteiger partial charge in [-0.15, -0.1) is 0 Å². The lowest BCUT2D eigenvalue weighted by molar-refractivity contribution is -0.149. The first-order chi connectivity index (χ1) is 12.8. The molecule has 0 fully saturated rings. The number of rotatable bonds is 9. The molecule has 0 aliphatic heterocycles. The normalized spacial score (nSPS) is 11.9. The molecule has 0 saturated heterocycles. The van der Waals surface area contributed by atoms with E-state index in [4.69, 9.17) is 25.8 Å². The number of benzene rings is 1. The first-order valence-corrected chi connectivity index (χ1v) is 8.99. The van der Waals surface area contributed by atoms with Crippen LogP contribution in [0.4, 0.5) is 0 Å². The molecule has 0 spiro atoms. The fraction of sp³-hybridized carbons (Fsp3) is 0.400. The molecule has 0 bridgehead atoms. The number of esters is 1. The summed E-state index contributed by atoms with van der Waals surface area (Å²) in [6, 6.07) is 8.52. The zero-order chi connectivity index (χ0) is 20.0. The van der Waals surface area contributed by atoms with Gasteiger partial charge in [0.15, 0.2) is 12.7 Å². The first-order valence-electron chi connectivity index (χ1n) is 8.61. The van der Waals surface area contributed by atoms with Crippen molar-refractivity contribution in [2.24, 2.45) is 0 Å². The van der Waals surface area contributed by atoms with Crippen LogP contribution in [-0.4, -0.2) is 42.7 Å². The van der Waals surface area contributed by atoms with E-state index in [1.165, 1.54) is 0 Å². The maximum Gasteiger partial charge on any atom is 0.347 e. The van der Waals surface area contributed by atoms with Crippen LogP contribution >= 0.6 is 11.6 Å². The van der Waals surface area contributed by atoms with E-state index < -0.39 is 12.1 Å². The first kappa shape index (κ1) is 21.0. The molecule has 0 radical (unpaired) electrons. The molecule has 0 aliphatic carbocycles. The lowest BCUT2D eigenvalue weighted by atomic mass is 10.1. The zero-order valence-corrected chi connectivity index (χ0v) is 16.7. The van der Waals surface area contributed by atoms with Crippen molar-refractivity contribution >= 4 is 23.4 Å². The third-order valence-corrected chi connectivity index (χ3v) is 4.41. The molecule has 2 rings (SSSR count). The number of ketones is 1. The second-order valence-corrected chi connectivity index (χ2v) is 6.61. The second kappa shape index (κ2) is 9.58. The highest BCUT2D eigenvalue weighted by atomic mass is 35.5. The van der Waals surface area contributed by atoms with Crippen molar-refractivity contribution in [3.05, 3.63) is 52.3 Å². The molecule has 0 aliphatic rings. The quantitative estimate of drug-likeness (QED) is 0.481. The van der Waals surface area contributed by atoms with Crippen molar-refractivity contribution in [1.29, 1.82) is 0 Å². The van der Waals surface area contributed by atoms with E-state index in [-0.39, 0.29) is 12.4 Å². The standard InChI is InChI=1S/C20H24ClNO5/c1-13-10-18(14(2)22(13)8-9-25-4)19(23)12-26-20(24)15(3)27-17-7-5-6-16(21)11-17/h5-7,10-11,15H,8-9,12H2,1-4H3. The summed E-state index contributed by atoms with van der Waals surface area (Å²) in [4.78, 5) is 24.6. The summed E-state index contributed by atoms with van der Waals surface area (Å²) in [7, 11) is 1.63. The fourth-order valence-electron chi connectivity index (χ4n) is 2.73. The summed E-state index contributed by atoms with van der Waals surface area (Å²) < 4.78 is 17.7. The van der Waals surface area contributed by atoms with Crippen LogP contribution in [0.2, 0.25) is 5.02 Å². The van der Waals surface area contributed by atoms with Crippen molar-refractivity contribution in [3.8, 4) is 5.75 Å². The van der Waals surface area contributed by atoms with Gasteiger partial charge in [0.1, 0.15) is 5.75 Å². The summed E-state index contributed by atoms with van der Waals surface area (Å²) in [5.41, 5.74) is 2.32. The number of hydrogen-bond acceptors (Lipinski definition) is 5. The summed E-state index contributed by atoms with van der Waals surface area (Å²) in [5.74, 6) is -0.411. The number of aryl methyl sites for hydroxylation is 1. The highest BCUT2D eigenvalue weighted by Crippen LogP contribution is 2.19. The van der Waals surface area contributed by atoms with Gasteiger partial charge < -0.3 is 18.8 Å². The molecule has 1 aromatic heterocycles. The van der Waals surface area contributed by atoms with Crippen LogP contribution in [0.25, 0.3) is 0 Å². The van der Waals surface area contributed by atoms with Crippen molar-refractivity contribution in [1.82, 2.24) is 4.57 Å². The molecular weight excluding hydrogens is 370 g/mol. The van der Waals surface area contributed by atoms with Crippen molar-refractivity contribution in [3.63, 3.8) is 0 Å². The van der Waals surface area contributed by atoms with Gasteiger partial charge in [-0.2, -0.15) is 0 Å². The van der Waals surface area contributed by atoms with Crippen molar-refractivity contribution < 1.29 is 23.8 Å². The Morgan fingerprint density at radius 3 is 2.63 bits per heavy atom. The van der Waals surface area contributed by atoms with E-state index in [1.54, 1.807) is 44.4 Å². The van der Waals surface area contributed by atoms with Crippen LogP contribution in [0, 0.1) is 13.8 Å². The average molecular weight is 394 g/mol. The number of nitrogens with zero attached hydrogens (tertiary/aromatic N) is 1. The minimum Gasteiger partial charge on any atom is -0.479 e. The number of aromatic nitrogens is 1. The van der Waals surface area contributed by atoms with Gasteiger partial charge in [-0.3, -0.25) is 4.79 Å². The van der Waals surface area contributed by atoms with E-state index in [9.17, 15) is 9.59 Å². The SMILES string of the molecule is COCCn1c(C)cc(C(=O)COC(=O)C(C)Oc2cccc(Cl)c2)c1C. The van der Waals surface area contributed by atoms with Gasteiger partial charge in [-0.25, -0.2) is 4.79 Å². The predicted molar refractivity (Wildman–Crippen MR) is 103 cm³/mol. The van der Waals surface area contributed by atoms with Gasteiger partial charge in [0, 0.05) is 35.6 Å². The molecule has 27 heavy (non-hydrogen) atoms. The average Bonchev–Trinajstić information content (AvgIpc) is 2.91. The van der Waals surface area contributed by atoms with Crippen LogP contribution in [-0.2, 0) is 20.8 Å². The van der Waals surface area contributed by atoms with Gasteiger partial charge in [-0.1, -0.05) is 17.7 Å². The summed E-state index contributed by atoms with van der Waals surface area (Å²) >= 11 is 5.89. The molecule has 7 heteroatoms. The van der Waals surface area contributed by atoms with Crippen LogP contribution in [0.1, 0.15) is 28.7 Å². The molecule has 1 heterocycles. The van der Waals surface area contributed by atoms with Crippen molar-refractivity contribution in [2.75, 3.05) is 20.3 Å². The molecule has 146 valence electrons. The van der Waals surface area contributed by atoms with Crippen molar-refractivity contribution in [2.45, 2.75) is 33.4 Å². The molecule has 0 amide bonds. The Balaban J connectivity index is 1.93. The lowest BCUT2D eigenvalue weighted by Crippen LogP contribution is -2.28. The summed E-state index contributed by atoms with van der Waals surface area (Å²) in [5, 5.41) is 0.507. The monoisotopic (exact) mass is 393 g/mol. The smallest absolute Gasteiger partial charge is 0.347 e. The Morgan fingerprint density at radius 1 is 1.22 bits per heavy atom. The number of halogens is 1. The van der Waals surface area contributed by atoms with Crippen LogP contribution in [0.3, 0.4) is 0 Å². The molecule has 0 N–H and O–H groups in total. The number of carbonyl (C=O) groups excluding carboxylic acids is 2. The highest BCUT2D eigenvalue weighted by Gasteiger charge is 2.21. The largest absolute Gasteiger partial charge is 0.479 e. The number of methoxy groups -OCH3 is 1. The third kappa shape index (κ3) is 5.58. The molecule has 1 unspecified atom stereocenters. The Bertz CT molecular complexity index is 815. The molecule has 6 nitrogen and oxygen atoms in total. The summed E-state index contributed by atoms with van der Waals surface area (Å²) in [6.07, 6.45) is -0.856. The topological polar surface area (TPSA) is 66.8 Å². The number of hydrogen-bond donors (Lipinski definition) is 0. The van der Waals surface area contributed by atoms with E-state index >= 15 is 0 Å². The fourth-order valence-corrected chi connectivity index (χ4v) is 2.91. The Kier molecular flexibility index (Phi) is 7.45. The Hall–Kier alpha value is -2.31. The molecule has 2 aromatic rings. The Morgan fingerprint density at radius 2 is 1.96 bits per heavy atom. The third-order valence-electron chi connectivity index (χ3n) is 4.18. The second-order valence-electron chi connectivity index (χ2n) is 6.18. The predicted octanol–water partition coefficient (Wildman–Crippen LogP) is 3.60. The maximum atomic E-state index is 12.5. The number of ether oxygens (including phenoxy) is 3. The molecule has 1 aromatic carbocycles. The van der Waals surface area contributed by atoms with Gasteiger partial charge in [-0.05, 0) is 45.0 Å². The number of Topliss-reactive ketones (excluding diaryl/α,β-unsaturated/α-hetero) is 1. The zero-order valence-electron chi connectivity index (χ0n) is 16.0. The lowest BCUT2D eigenvalue weighted by Gasteiger charge is -2.14.